The summed E-state index contributed by atoms with van der Waals surface area (Å²) in [5.41, 5.74) is 0.944. The van der Waals surface area contributed by atoms with Gasteiger partial charge in [-0.25, -0.2) is 0 Å². The van der Waals surface area contributed by atoms with Crippen LogP contribution in [0, 0.1) is 6.07 Å². The third-order valence-electron chi connectivity index (χ3n) is 1.82. The molecule has 15 heavy (non-hydrogen) atoms. The molecule has 0 atom stereocenters. The smallest absolute Gasteiger partial charge is 0.309 e. The summed E-state index contributed by atoms with van der Waals surface area (Å²) < 4.78 is 22.5. The molecule has 0 unspecified atom stereocenters. The van der Waals surface area contributed by atoms with E-state index in [-0.39, 0.29) is 0 Å². The maximum Gasteiger partial charge on any atom is 0.335 e. The van der Waals surface area contributed by atoms with Crippen LogP contribution in [0.25, 0.3) is 0 Å². The third kappa shape index (κ3) is 4.17. The number of hydrogen-bond acceptors (Lipinski definition) is 3. The summed E-state index contributed by atoms with van der Waals surface area (Å²) >= 11 is 0. The predicted octanol–water partition coefficient (Wildman–Crippen LogP) is 3.25. The lowest BCUT2D eigenvalue weighted by molar-refractivity contribution is 0.219. The van der Waals surface area contributed by atoms with Crippen molar-refractivity contribution < 1.29 is 13.6 Å². The van der Waals surface area contributed by atoms with Crippen molar-refractivity contribution in [1.82, 2.24) is 0 Å². The van der Waals surface area contributed by atoms with E-state index in [4.69, 9.17) is 9.05 Å². The fourth-order valence-electron chi connectivity index (χ4n) is 1.27. The Labute approximate surface area is 90.9 Å². The van der Waals surface area contributed by atoms with Crippen LogP contribution in [-0.4, -0.2) is 13.2 Å². The second-order valence-corrected chi connectivity index (χ2v) is 5.07. The van der Waals surface area contributed by atoms with E-state index in [1.807, 2.05) is 26.0 Å². The van der Waals surface area contributed by atoms with Gasteiger partial charge in [0.1, 0.15) is 0 Å². The molecule has 0 aliphatic rings. The normalized spacial score (nSPS) is 11.6. The van der Waals surface area contributed by atoms with Crippen molar-refractivity contribution in [3.05, 3.63) is 35.9 Å². The Balaban J connectivity index is 2.71. The van der Waals surface area contributed by atoms with Gasteiger partial charge in [-0.05, 0) is 25.5 Å². The Morgan fingerprint density at radius 3 is 2.20 bits per heavy atom. The van der Waals surface area contributed by atoms with E-state index >= 15 is 0 Å². The van der Waals surface area contributed by atoms with Gasteiger partial charge in [0.05, 0.1) is 19.4 Å². The minimum Gasteiger partial charge on any atom is -0.309 e. The lowest BCUT2D eigenvalue weighted by Crippen LogP contribution is -1.98. The maximum atomic E-state index is 12.1. The molecule has 0 bridgehead atoms. The van der Waals surface area contributed by atoms with Crippen molar-refractivity contribution in [2.75, 3.05) is 13.2 Å². The average molecular weight is 227 g/mol. The number of hydrogen-bond donors (Lipinski definition) is 0. The van der Waals surface area contributed by atoms with Crippen molar-refractivity contribution in [1.29, 1.82) is 0 Å². The molecular weight excluding hydrogens is 211 g/mol. The molecule has 0 aromatic heterocycles. The Morgan fingerprint density at radius 1 is 1.20 bits per heavy atom. The highest BCUT2D eigenvalue weighted by atomic mass is 31.2. The van der Waals surface area contributed by atoms with Gasteiger partial charge < -0.3 is 9.05 Å². The predicted molar refractivity (Wildman–Crippen MR) is 59.8 cm³/mol. The molecule has 1 aromatic rings. The Bertz CT molecular complexity index is 314. The lowest BCUT2D eigenvalue weighted by Gasteiger charge is -2.16. The van der Waals surface area contributed by atoms with E-state index in [0.29, 0.717) is 19.4 Å². The Kier molecular flexibility index (Phi) is 5.03. The first kappa shape index (κ1) is 12.4. The largest absolute Gasteiger partial charge is 0.335 e. The van der Waals surface area contributed by atoms with Gasteiger partial charge in [-0.3, -0.25) is 4.57 Å². The zero-order valence-electron chi connectivity index (χ0n) is 9.10. The van der Waals surface area contributed by atoms with Crippen LogP contribution in [0.5, 0.6) is 0 Å². The van der Waals surface area contributed by atoms with E-state index < -0.39 is 7.60 Å². The molecule has 0 saturated carbocycles. The number of benzene rings is 1. The summed E-state index contributed by atoms with van der Waals surface area (Å²) in [5.74, 6) is 0. The summed E-state index contributed by atoms with van der Waals surface area (Å²) in [7, 11) is -2.96. The molecular formula is C11H16O3P. The van der Waals surface area contributed by atoms with E-state index in [1.165, 1.54) is 0 Å². The zero-order chi connectivity index (χ0) is 11.1. The highest BCUT2D eigenvalue weighted by Crippen LogP contribution is 2.51. The molecule has 0 spiro atoms. The van der Waals surface area contributed by atoms with Gasteiger partial charge in [-0.2, -0.15) is 0 Å². The van der Waals surface area contributed by atoms with Crippen LogP contribution in [0.2, 0.25) is 0 Å². The summed E-state index contributed by atoms with van der Waals surface area (Å²) in [5, 5.41) is 0. The van der Waals surface area contributed by atoms with Crippen LogP contribution in [0.3, 0.4) is 0 Å². The fraction of sp³-hybridized carbons (Fsp3) is 0.455. The molecule has 1 radical (unpaired) electrons. The van der Waals surface area contributed by atoms with Gasteiger partial charge in [0.15, 0.2) is 0 Å². The zero-order valence-corrected chi connectivity index (χ0v) is 10.00. The Morgan fingerprint density at radius 2 is 1.73 bits per heavy atom. The second-order valence-electron chi connectivity index (χ2n) is 3.01. The quantitative estimate of drug-likeness (QED) is 0.700. The molecule has 83 valence electrons. The summed E-state index contributed by atoms with van der Waals surface area (Å²) in [6.07, 6.45) is 0.323. The van der Waals surface area contributed by atoms with E-state index in [9.17, 15) is 4.57 Å². The van der Waals surface area contributed by atoms with Gasteiger partial charge in [-0.15, -0.1) is 0 Å². The first-order valence-corrected chi connectivity index (χ1v) is 6.76. The van der Waals surface area contributed by atoms with Gasteiger partial charge in [0.25, 0.3) is 0 Å². The fourth-order valence-corrected chi connectivity index (χ4v) is 2.97. The number of rotatable bonds is 6. The van der Waals surface area contributed by atoms with Crippen LogP contribution in [0.1, 0.15) is 19.4 Å². The minimum absolute atomic E-state index is 0.323. The highest BCUT2D eigenvalue weighted by Gasteiger charge is 2.23. The van der Waals surface area contributed by atoms with Crippen molar-refractivity contribution >= 4 is 7.60 Å². The lowest BCUT2D eigenvalue weighted by atomic mass is 10.2. The first-order chi connectivity index (χ1) is 7.20. The van der Waals surface area contributed by atoms with Crippen molar-refractivity contribution in [2.45, 2.75) is 20.0 Å². The molecule has 0 saturated heterocycles. The Hall–Kier alpha value is -0.630. The molecule has 0 fully saturated rings. The molecule has 1 rings (SSSR count). The summed E-state index contributed by atoms with van der Waals surface area (Å²) in [6.45, 7) is 4.42. The summed E-state index contributed by atoms with van der Waals surface area (Å²) in [6, 6.07) is 10.2. The van der Waals surface area contributed by atoms with Crippen molar-refractivity contribution in [3.8, 4) is 0 Å². The van der Waals surface area contributed by atoms with Crippen LogP contribution in [-0.2, 0) is 19.8 Å². The standard InChI is InChI=1S/C11H16O3P/c1-3-13-15(12,14-4-2)10-11-8-6-5-7-9-11/h6-9H,3-4,10H2,1-2H3. The maximum absolute atomic E-state index is 12.1. The SMILES string of the molecule is CCOP(=O)(Cc1cc[c]cc1)OCC. The molecule has 4 heteroatoms. The van der Waals surface area contributed by atoms with Crippen LogP contribution in [0.15, 0.2) is 24.3 Å². The average Bonchev–Trinajstić information content (AvgIpc) is 2.19. The van der Waals surface area contributed by atoms with Gasteiger partial charge in [0, 0.05) is 0 Å². The molecule has 0 heterocycles. The van der Waals surface area contributed by atoms with Gasteiger partial charge in [0.2, 0.25) is 0 Å². The van der Waals surface area contributed by atoms with Gasteiger partial charge in [-0.1, -0.05) is 24.3 Å². The molecule has 0 aliphatic carbocycles. The van der Waals surface area contributed by atoms with Crippen LogP contribution >= 0.6 is 7.60 Å². The van der Waals surface area contributed by atoms with E-state index in [0.717, 1.165) is 5.56 Å². The highest BCUT2D eigenvalue weighted by molar-refractivity contribution is 7.53. The molecule has 1 aromatic carbocycles. The summed E-state index contributed by atoms with van der Waals surface area (Å²) in [4.78, 5) is 0. The van der Waals surface area contributed by atoms with Crippen LogP contribution < -0.4 is 0 Å². The van der Waals surface area contributed by atoms with E-state index in [2.05, 4.69) is 6.07 Å². The van der Waals surface area contributed by atoms with Crippen LogP contribution in [0.4, 0.5) is 0 Å². The molecule has 3 nitrogen and oxygen atoms in total. The first-order valence-electron chi connectivity index (χ1n) is 5.03. The third-order valence-corrected chi connectivity index (χ3v) is 3.87. The minimum atomic E-state index is -2.96. The monoisotopic (exact) mass is 227 g/mol. The molecule has 0 N–H and O–H groups in total. The topological polar surface area (TPSA) is 35.5 Å². The molecule has 0 amide bonds. The van der Waals surface area contributed by atoms with Gasteiger partial charge >= 0.3 is 7.60 Å². The van der Waals surface area contributed by atoms with E-state index in [1.54, 1.807) is 12.1 Å². The van der Waals surface area contributed by atoms with Crippen molar-refractivity contribution in [2.24, 2.45) is 0 Å². The second kappa shape index (κ2) is 6.06. The molecule has 0 aliphatic heterocycles. The van der Waals surface area contributed by atoms with Crippen molar-refractivity contribution in [3.63, 3.8) is 0 Å².